The number of nitrogens with zero attached hydrogens (tertiary/aromatic N) is 3. The Hall–Kier alpha value is -3.12. The summed E-state index contributed by atoms with van der Waals surface area (Å²) in [4.78, 5) is 17.3. The molecule has 27 heavy (non-hydrogen) atoms. The van der Waals surface area contributed by atoms with Gasteiger partial charge >= 0.3 is 6.18 Å². The lowest BCUT2D eigenvalue weighted by atomic mass is 10.2. The predicted octanol–water partition coefficient (Wildman–Crippen LogP) is 2.97. The summed E-state index contributed by atoms with van der Waals surface area (Å²) in [5.74, 6) is -0.606. The first-order valence-corrected chi connectivity index (χ1v) is 8.01. The molecule has 1 aromatic carbocycles. The molecule has 1 fully saturated rings. The number of likely N-dealkylation sites (tertiary alicyclic amines) is 1. The van der Waals surface area contributed by atoms with E-state index in [-0.39, 0.29) is 29.3 Å². The monoisotopic (exact) mass is 377 g/mol. The van der Waals surface area contributed by atoms with Crippen LogP contribution in [0.15, 0.2) is 36.4 Å². The minimum atomic E-state index is -4.72. The fourth-order valence-electron chi connectivity index (χ4n) is 2.69. The molecule has 0 bridgehead atoms. The number of pyridine rings is 1. The number of hydrogen-bond donors (Lipinski definition) is 1. The molecule has 0 radical (unpaired) electrons. The van der Waals surface area contributed by atoms with Crippen molar-refractivity contribution in [2.24, 2.45) is 0 Å². The highest BCUT2D eigenvalue weighted by molar-refractivity contribution is 5.94. The van der Waals surface area contributed by atoms with Gasteiger partial charge in [-0.25, -0.2) is 4.98 Å². The number of alkyl halides is 3. The van der Waals surface area contributed by atoms with Crippen LogP contribution in [0.1, 0.15) is 28.0 Å². The first kappa shape index (κ1) is 18.7. The molecule has 1 saturated heterocycles. The van der Waals surface area contributed by atoms with E-state index >= 15 is 0 Å². The van der Waals surface area contributed by atoms with Crippen LogP contribution in [0.2, 0.25) is 0 Å². The van der Waals surface area contributed by atoms with Crippen molar-refractivity contribution in [3.63, 3.8) is 0 Å². The van der Waals surface area contributed by atoms with Crippen molar-refractivity contribution in [2.75, 3.05) is 13.1 Å². The molecule has 0 spiro atoms. The lowest BCUT2D eigenvalue weighted by molar-refractivity contribution is -0.141. The molecule has 1 aromatic heterocycles. The summed E-state index contributed by atoms with van der Waals surface area (Å²) in [6.45, 7) is 0.649. The van der Waals surface area contributed by atoms with Crippen LogP contribution in [0.4, 0.5) is 13.2 Å². The van der Waals surface area contributed by atoms with E-state index in [0.29, 0.717) is 19.0 Å². The molecule has 2 aromatic rings. The quantitative estimate of drug-likeness (QED) is 0.889. The SMILES string of the molecule is N#Cc1cc(Oc2cccc(C(=O)N3CCC(O)C3)c2)nc(C(F)(F)F)c1. The number of benzene rings is 1. The van der Waals surface area contributed by atoms with Gasteiger partial charge in [0.1, 0.15) is 11.4 Å². The summed E-state index contributed by atoms with van der Waals surface area (Å²) >= 11 is 0. The smallest absolute Gasteiger partial charge is 0.433 e. The van der Waals surface area contributed by atoms with Crippen molar-refractivity contribution in [3.05, 3.63) is 53.2 Å². The average molecular weight is 377 g/mol. The molecule has 1 unspecified atom stereocenters. The average Bonchev–Trinajstić information content (AvgIpc) is 3.06. The van der Waals surface area contributed by atoms with Gasteiger partial charge in [0.25, 0.3) is 5.91 Å². The number of aromatic nitrogens is 1. The van der Waals surface area contributed by atoms with Gasteiger partial charge in [-0.05, 0) is 30.7 Å². The lowest BCUT2D eigenvalue weighted by Crippen LogP contribution is -2.29. The standard InChI is InChI=1S/C18H14F3N3O3/c19-18(20,21)15-6-11(9-22)7-16(23-15)27-14-3-1-2-12(8-14)17(26)24-5-4-13(25)10-24/h1-3,6-8,13,25H,4-5,10H2. The molecular formula is C18H14F3N3O3. The Balaban J connectivity index is 1.84. The number of amides is 1. The highest BCUT2D eigenvalue weighted by Crippen LogP contribution is 2.31. The molecule has 6 nitrogen and oxygen atoms in total. The van der Waals surface area contributed by atoms with Crippen LogP contribution in [0.25, 0.3) is 0 Å². The summed E-state index contributed by atoms with van der Waals surface area (Å²) in [5, 5.41) is 18.4. The third-order valence-electron chi connectivity index (χ3n) is 3.98. The molecule has 1 aliphatic heterocycles. The van der Waals surface area contributed by atoms with Gasteiger partial charge in [0, 0.05) is 24.7 Å². The Kier molecular flexibility index (Phi) is 5.01. The maximum atomic E-state index is 12.9. The van der Waals surface area contributed by atoms with Crippen molar-refractivity contribution in [3.8, 4) is 17.7 Å². The summed E-state index contributed by atoms with van der Waals surface area (Å²) in [6, 6.07) is 9.25. The van der Waals surface area contributed by atoms with E-state index in [1.54, 1.807) is 12.1 Å². The van der Waals surface area contributed by atoms with Gasteiger partial charge in [-0.3, -0.25) is 4.79 Å². The number of rotatable bonds is 3. The zero-order valence-electron chi connectivity index (χ0n) is 13.9. The number of carbonyl (C=O) groups is 1. The number of nitriles is 1. The molecule has 3 rings (SSSR count). The molecule has 0 saturated carbocycles. The number of aliphatic hydroxyl groups is 1. The van der Waals surface area contributed by atoms with Gasteiger partial charge < -0.3 is 14.7 Å². The Labute approximate surface area is 152 Å². The van der Waals surface area contributed by atoms with Crippen LogP contribution in [-0.2, 0) is 6.18 Å². The zero-order valence-corrected chi connectivity index (χ0v) is 13.9. The first-order valence-electron chi connectivity index (χ1n) is 8.01. The second-order valence-corrected chi connectivity index (χ2v) is 6.01. The van der Waals surface area contributed by atoms with Crippen LogP contribution in [0, 0.1) is 11.3 Å². The maximum Gasteiger partial charge on any atom is 0.433 e. The van der Waals surface area contributed by atoms with E-state index in [1.807, 2.05) is 0 Å². The van der Waals surface area contributed by atoms with E-state index < -0.39 is 23.9 Å². The summed E-state index contributed by atoms with van der Waals surface area (Å²) in [5.41, 5.74) is -1.21. The Morgan fingerprint density at radius 3 is 2.74 bits per heavy atom. The fraction of sp³-hybridized carbons (Fsp3) is 0.278. The molecule has 1 amide bonds. The normalized spacial score (nSPS) is 16.9. The number of ether oxygens (including phenoxy) is 1. The van der Waals surface area contributed by atoms with Crippen molar-refractivity contribution in [2.45, 2.75) is 18.7 Å². The molecule has 1 N–H and O–H groups in total. The van der Waals surface area contributed by atoms with Crippen molar-refractivity contribution >= 4 is 5.91 Å². The summed E-state index contributed by atoms with van der Waals surface area (Å²) in [6.07, 6.45) is -4.79. The van der Waals surface area contributed by atoms with E-state index in [9.17, 15) is 23.1 Å². The minimum absolute atomic E-state index is 0.108. The van der Waals surface area contributed by atoms with Gasteiger partial charge in [-0.1, -0.05) is 6.07 Å². The van der Waals surface area contributed by atoms with Crippen LogP contribution in [0.3, 0.4) is 0 Å². The van der Waals surface area contributed by atoms with Crippen LogP contribution in [0.5, 0.6) is 11.6 Å². The predicted molar refractivity (Wildman–Crippen MR) is 87.0 cm³/mol. The fourth-order valence-corrected chi connectivity index (χ4v) is 2.69. The number of aliphatic hydroxyl groups excluding tert-OH is 1. The second-order valence-electron chi connectivity index (χ2n) is 6.01. The van der Waals surface area contributed by atoms with E-state index in [0.717, 1.165) is 6.07 Å². The maximum absolute atomic E-state index is 12.9. The van der Waals surface area contributed by atoms with Gasteiger partial charge in [0.15, 0.2) is 0 Å². The molecule has 1 aliphatic rings. The number of β-amino-alcohol motifs (C(OH)–C–C–N with tert-alkyl or cyclic N) is 1. The van der Waals surface area contributed by atoms with Gasteiger partial charge in [-0.15, -0.1) is 0 Å². The van der Waals surface area contributed by atoms with Gasteiger partial charge in [0.05, 0.1) is 17.7 Å². The number of hydrogen-bond acceptors (Lipinski definition) is 5. The molecular weight excluding hydrogens is 363 g/mol. The summed E-state index contributed by atoms with van der Waals surface area (Å²) in [7, 11) is 0. The third kappa shape index (κ3) is 4.35. The molecule has 0 aliphatic carbocycles. The van der Waals surface area contributed by atoms with Crippen molar-refractivity contribution < 1.29 is 27.8 Å². The van der Waals surface area contributed by atoms with E-state index in [4.69, 9.17) is 10.00 Å². The van der Waals surface area contributed by atoms with Gasteiger partial charge in [0.2, 0.25) is 5.88 Å². The molecule has 1 atom stereocenters. The topological polar surface area (TPSA) is 86.5 Å². The van der Waals surface area contributed by atoms with Crippen molar-refractivity contribution in [1.82, 2.24) is 9.88 Å². The van der Waals surface area contributed by atoms with Gasteiger partial charge in [-0.2, -0.15) is 18.4 Å². The molecule has 2 heterocycles. The third-order valence-corrected chi connectivity index (χ3v) is 3.98. The van der Waals surface area contributed by atoms with Crippen LogP contribution < -0.4 is 4.74 Å². The largest absolute Gasteiger partial charge is 0.439 e. The Morgan fingerprint density at radius 1 is 1.33 bits per heavy atom. The van der Waals surface area contributed by atoms with Crippen molar-refractivity contribution in [1.29, 1.82) is 5.26 Å². The minimum Gasteiger partial charge on any atom is -0.439 e. The molecule has 9 heteroatoms. The highest BCUT2D eigenvalue weighted by atomic mass is 19.4. The first-order chi connectivity index (χ1) is 12.8. The van der Waals surface area contributed by atoms with E-state index in [1.165, 1.54) is 23.1 Å². The highest BCUT2D eigenvalue weighted by Gasteiger charge is 2.33. The van der Waals surface area contributed by atoms with Crippen LogP contribution in [-0.4, -0.2) is 40.1 Å². The summed E-state index contributed by atoms with van der Waals surface area (Å²) < 4.78 is 44.0. The zero-order chi connectivity index (χ0) is 19.6. The number of carbonyl (C=O) groups excluding carboxylic acids is 1. The lowest BCUT2D eigenvalue weighted by Gasteiger charge is -2.16. The van der Waals surface area contributed by atoms with E-state index in [2.05, 4.69) is 4.98 Å². The van der Waals surface area contributed by atoms with Crippen LogP contribution >= 0.6 is 0 Å². The second kappa shape index (κ2) is 7.25. The Morgan fingerprint density at radius 2 is 2.11 bits per heavy atom. The Bertz CT molecular complexity index is 909. The number of halogens is 3. The molecule has 140 valence electrons.